The van der Waals surface area contributed by atoms with E-state index in [1.165, 1.54) is 7.11 Å². The van der Waals surface area contributed by atoms with Crippen molar-refractivity contribution in [3.63, 3.8) is 0 Å². The number of pyridine rings is 1. The zero-order chi connectivity index (χ0) is 23.8. The third-order valence-corrected chi connectivity index (χ3v) is 5.42. The summed E-state index contributed by atoms with van der Waals surface area (Å²) in [5.41, 5.74) is 5.14. The lowest BCUT2D eigenvalue weighted by Gasteiger charge is -2.13. The molecule has 4 rings (SSSR count). The van der Waals surface area contributed by atoms with Crippen molar-refractivity contribution < 1.29 is 14.3 Å². The first-order chi connectivity index (χ1) is 16.7. The molecule has 0 saturated heterocycles. The van der Waals surface area contributed by atoms with Gasteiger partial charge in [0.1, 0.15) is 5.75 Å². The topological polar surface area (TPSA) is 80.3 Å². The Kier molecular flexibility index (Phi) is 7.30. The molecule has 0 aliphatic rings. The SMILES string of the molecule is COc1ccc(-c2ccccc2C(=O)Nc2ccc(NCCc3ccccn3)cc2)cc1C=O. The van der Waals surface area contributed by atoms with Crippen LogP contribution in [0.3, 0.4) is 0 Å². The summed E-state index contributed by atoms with van der Waals surface area (Å²) in [6.45, 7) is 0.765. The highest BCUT2D eigenvalue weighted by molar-refractivity contribution is 6.09. The average Bonchev–Trinajstić information content (AvgIpc) is 2.90. The van der Waals surface area contributed by atoms with E-state index >= 15 is 0 Å². The number of anilines is 2. The Labute approximate surface area is 198 Å². The van der Waals surface area contributed by atoms with Gasteiger partial charge in [0.15, 0.2) is 6.29 Å². The number of hydrogen-bond acceptors (Lipinski definition) is 5. The van der Waals surface area contributed by atoms with E-state index in [9.17, 15) is 9.59 Å². The molecule has 0 aliphatic carbocycles. The maximum absolute atomic E-state index is 13.1. The van der Waals surface area contributed by atoms with Gasteiger partial charge in [0.25, 0.3) is 5.91 Å². The Morgan fingerprint density at radius 1 is 0.941 bits per heavy atom. The summed E-state index contributed by atoms with van der Waals surface area (Å²) in [4.78, 5) is 28.8. The highest BCUT2D eigenvalue weighted by Gasteiger charge is 2.14. The Morgan fingerprint density at radius 3 is 2.44 bits per heavy atom. The molecule has 1 amide bonds. The number of nitrogens with zero attached hydrogens (tertiary/aromatic N) is 1. The lowest BCUT2D eigenvalue weighted by Crippen LogP contribution is -2.13. The van der Waals surface area contributed by atoms with Crippen molar-refractivity contribution in [2.24, 2.45) is 0 Å². The first-order valence-corrected chi connectivity index (χ1v) is 11.0. The van der Waals surface area contributed by atoms with Gasteiger partial charge in [-0.3, -0.25) is 14.6 Å². The monoisotopic (exact) mass is 451 g/mol. The number of methoxy groups -OCH3 is 1. The van der Waals surface area contributed by atoms with Crippen molar-refractivity contribution >= 4 is 23.6 Å². The summed E-state index contributed by atoms with van der Waals surface area (Å²) in [6, 6.07) is 26.1. The Morgan fingerprint density at radius 2 is 1.71 bits per heavy atom. The van der Waals surface area contributed by atoms with E-state index in [-0.39, 0.29) is 5.91 Å². The van der Waals surface area contributed by atoms with Crippen LogP contribution in [-0.4, -0.2) is 30.8 Å². The first-order valence-electron chi connectivity index (χ1n) is 11.0. The van der Waals surface area contributed by atoms with Gasteiger partial charge in [-0.1, -0.05) is 30.3 Å². The Hall–Kier alpha value is -4.45. The van der Waals surface area contributed by atoms with Crippen LogP contribution >= 0.6 is 0 Å². The number of aldehydes is 1. The van der Waals surface area contributed by atoms with Crippen molar-refractivity contribution in [3.05, 3.63) is 108 Å². The molecule has 2 N–H and O–H groups in total. The van der Waals surface area contributed by atoms with E-state index in [4.69, 9.17) is 4.74 Å². The molecule has 1 heterocycles. The molecule has 6 heteroatoms. The van der Waals surface area contributed by atoms with Gasteiger partial charge < -0.3 is 15.4 Å². The molecular weight excluding hydrogens is 426 g/mol. The van der Waals surface area contributed by atoms with E-state index in [0.717, 1.165) is 41.8 Å². The summed E-state index contributed by atoms with van der Waals surface area (Å²) >= 11 is 0. The first kappa shape index (κ1) is 22.7. The zero-order valence-electron chi connectivity index (χ0n) is 18.8. The van der Waals surface area contributed by atoms with Crippen LogP contribution in [0.4, 0.5) is 11.4 Å². The van der Waals surface area contributed by atoms with Gasteiger partial charge >= 0.3 is 0 Å². The molecule has 3 aromatic carbocycles. The predicted octanol–water partition coefficient (Wildman–Crippen LogP) is 5.48. The highest BCUT2D eigenvalue weighted by atomic mass is 16.5. The third kappa shape index (κ3) is 5.48. The molecule has 0 radical (unpaired) electrons. The minimum atomic E-state index is -0.227. The fourth-order valence-corrected chi connectivity index (χ4v) is 3.68. The molecule has 1 aromatic heterocycles. The highest BCUT2D eigenvalue weighted by Crippen LogP contribution is 2.29. The van der Waals surface area contributed by atoms with Crippen molar-refractivity contribution in [2.45, 2.75) is 6.42 Å². The number of nitrogens with one attached hydrogen (secondary N) is 2. The van der Waals surface area contributed by atoms with Crippen LogP contribution in [-0.2, 0) is 6.42 Å². The van der Waals surface area contributed by atoms with Gasteiger partial charge in [0.05, 0.1) is 12.7 Å². The van der Waals surface area contributed by atoms with Gasteiger partial charge in [-0.05, 0) is 65.7 Å². The van der Waals surface area contributed by atoms with Crippen molar-refractivity contribution in [3.8, 4) is 16.9 Å². The summed E-state index contributed by atoms with van der Waals surface area (Å²) < 4.78 is 5.22. The minimum absolute atomic E-state index is 0.227. The van der Waals surface area contributed by atoms with Crippen molar-refractivity contribution in [1.82, 2.24) is 4.98 Å². The number of ether oxygens (including phenoxy) is 1. The standard InChI is InChI=1S/C28H25N3O3/c1-34-27-14-9-20(18-21(27)19-32)25-7-2-3-8-26(25)28(33)31-24-12-10-23(11-13-24)30-17-15-22-6-4-5-16-29-22/h2-14,16,18-19,30H,15,17H2,1H3,(H,31,33). The summed E-state index contributed by atoms with van der Waals surface area (Å²) in [5, 5.41) is 6.32. The van der Waals surface area contributed by atoms with Gasteiger partial charge in [0, 0.05) is 41.8 Å². The number of carbonyl (C=O) groups excluding carboxylic acids is 2. The normalized spacial score (nSPS) is 10.4. The number of aromatic nitrogens is 1. The lowest BCUT2D eigenvalue weighted by molar-refractivity contribution is 0.102. The smallest absolute Gasteiger partial charge is 0.256 e. The van der Waals surface area contributed by atoms with Crippen LogP contribution < -0.4 is 15.4 Å². The quantitative estimate of drug-likeness (QED) is 0.330. The second-order valence-corrected chi connectivity index (χ2v) is 7.65. The summed E-state index contributed by atoms with van der Waals surface area (Å²) in [6.07, 6.45) is 3.37. The Bertz CT molecular complexity index is 1270. The molecule has 170 valence electrons. The number of hydrogen-bond donors (Lipinski definition) is 2. The van der Waals surface area contributed by atoms with E-state index in [0.29, 0.717) is 22.6 Å². The van der Waals surface area contributed by atoms with Crippen LogP contribution in [0.25, 0.3) is 11.1 Å². The Balaban J connectivity index is 1.44. The molecule has 0 aliphatic heterocycles. The molecule has 0 saturated carbocycles. The molecule has 34 heavy (non-hydrogen) atoms. The van der Waals surface area contributed by atoms with E-state index in [1.807, 2.05) is 66.7 Å². The molecule has 4 aromatic rings. The number of rotatable bonds is 9. The number of benzene rings is 3. The van der Waals surface area contributed by atoms with Crippen LogP contribution in [0.15, 0.2) is 91.1 Å². The molecule has 0 atom stereocenters. The number of carbonyl (C=O) groups is 2. The van der Waals surface area contributed by atoms with Crippen LogP contribution in [0.5, 0.6) is 5.75 Å². The summed E-state index contributed by atoms with van der Waals surface area (Å²) in [5.74, 6) is 0.268. The van der Waals surface area contributed by atoms with E-state index < -0.39 is 0 Å². The molecule has 6 nitrogen and oxygen atoms in total. The van der Waals surface area contributed by atoms with Gasteiger partial charge in [0.2, 0.25) is 0 Å². The molecule has 0 bridgehead atoms. The average molecular weight is 452 g/mol. The maximum atomic E-state index is 13.1. The summed E-state index contributed by atoms with van der Waals surface area (Å²) in [7, 11) is 1.52. The molecule has 0 unspecified atom stereocenters. The largest absolute Gasteiger partial charge is 0.496 e. The molecule has 0 fully saturated rings. The second kappa shape index (κ2) is 10.9. The van der Waals surface area contributed by atoms with Crippen LogP contribution in [0, 0.1) is 0 Å². The fraction of sp³-hybridized carbons (Fsp3) is 0.107. The maximum Gasteiger partial charge on any atom is 0.256 e. The number of amides is 1. The van der Waals surface area contributed by atoms with Crippen LogP contribution in [0.1, 0.15) is 26.4 Å². The van der Waals surface area contributed by atoms with E-state index in [1.54, 1.807) is 24.4 Å². The molecule has 0 spiro atoms. The van der Waals surface area contributed by atoms with Crippen molar-refractivity contribution in [2.75, 3.05) is 24.3 Å². The minimum Gasteiger partial charge on any atom is -0.496 e. The molecular formula is C28H25N3O3. The lowest BCUT2D eigenvalue weighted by atomic mass is 9.97. The van der Waals surface area contributed by atoms with Crippen LogP contribution in [0.2, 0.25) is 0 Å². The zero-order valence-corrected chi connectivity index (χ0v) is 18.8. The fourth-order valence-electron chi connectivity index (χ4n) is 3.68. The van der Waals surface area contributed by atoms with Crippen molar-refractivity contribution in [1.29, 1.82) is 0 Å². The third-order valence-electron chi connectivity index (χ3n) is 5.42. The predicted molar refractivity (Wildman–Crippen MR) is 135 cm³/mol. The van der Waals surface area contributed by atoms with Gasteiger partial charge in [-0.15, -0.1) is 0 Å². The second-order valence-electron chi connectivity index (χ2n) is 7.65. The van der Waals surface area contributed by atoms with Gasteiger partial charge in [-0.25, -0.2) is 0 Å². The van der Waals surface area contributed by atoms with Gasteiger partial charge in [-0.2, -0.15) is 0 Å². The van der Waals surface area contributed by atoms with E-state index in [2.05, 4.69) is 15.6 Å².